The molecule has 0 aliphatic heterocycles. The monoisotopic (exact) mass is 200 g/mol. The lowest BCUT2D eigenvalue weighted by atomic mass is 10.00. The van der Waals surface area contributed by atoms with Crippen LogP contribution in [0.1, 0.15) is 18.1 Å². The van der Waals surface area contributed by atoms with Crippen LogP contribution in [-0.2, 0) is 6.42 Å². The number of methoxy groups -OCH3 is 1. The van der Waals surface area contributed by atoms with Crippen LogP contribution in [0.15, 0.2) is 30.3 Å². The van der Waals surface area contributed by atoms with Crippen molar-refractivity contribution in [3.8, 4) is 5.75 Å². The van der Waals surface area contributed by atoms with Crippen LogP contribution in [0.3, 0.4) is 0 Å². The van der Waals surface area contributed by atoms with Gasteiger partial charge in [0.25, 0.3) is 0 Å². The fourth-order valence-corrected chi connectivity index (χ4v) is 1.98. The van der Waals surface area contributed by atoms with Crippen molar-refractivity contribution >= 4 is 10.8 Å². The molecular weight excluding hydrogens is 184 g/mol. The normalized spacial score (nSPS) is 10.6. The van der Waals surface area contributed by atoms with E-state index in [4.69, 9.17) is 4.74 Å². The molecule has 0 saturated heterocycles. The Labute approximate surface area is 90.7 Å². The van der Waals surface area contributed by atoms with E-state index in [0.717, 1.165) is 12.2 Å². The lowest BCUT2D eigenvalue weighted by molar-refractivity contribution is 0.419. The van der Waals surface area contributed by atoms with Gasteiger partial charge < -0.3 is 4.74 Å². The van der Waals surface area contributed by atoms with Crippen molar-refractivity contribution in [3.05, 3.63) is 41.5 Å². The molecule has 0 spiro atoms. The Hall–Kier alpha value is -1.50. The first kappa shape index (κ1) is 10.0. The first-order valence-corrected chi connectivity index (χ1v) is 5.32. The van der Waals surface area contributed by atoms with Crippen molar-refractivity contribution in [3.63, 3.8) is 0 Å². The van der Waals surface area contributed by atoms with Crippen molar-refractivity contribution in [2.24, 2.45) is 0 Å². The first-order chi connectivity index (χ1) is 7.26. The number of aryl methyl sites for hydroxylation is 2. The van der Waals surface area contributed by atoms with Gasteiger partial charge in [0, 0.05) is 5.39 Å². The Morgan fingerprint density at radius 1 is 1.07 bits per heavy atom. The molecule has 1 nitrogen and oxygen atoms in total. The van der Waals surface area contributed by atoms with Gasteiger partial charge >= 0.3 is 0 Å². The molecule has 1 heteroatoms. The average molecular weight is 200 g/mol. The number of fused-ring (bicyclic) bond motifs is 1. The molecule has 15 heavy (non-hydrogen) atoms. The van der Waals surface area contributed by atoms with E-state index in [-0.39, 0.29) is 0 Å². The molecule has 2 rings (SSSR count). The highest BCUT2D eigenvalue weighted by Crippen LogP contribution is 2.29. The van der Waals surface area contributed by atoms with Gasteiger partial charge in [-0.05, 0) is 30.4 Å². The fraction of sp³-hybridized carbons (Fsp3) is 0.286. The molecular formula is C14H16O. The van der Waals surface area contributed by atoms with Crippen LogP contribution >= 0.6 is 0 Å². The molecule has 0 saturated carbocycles. The SMILES string of the molecule is CCc1ccc(OC)c2ccc(C)cc12. The van der Waals surface area contributed by atoms with Gasteiger partial charge in [-0.25, -0.2) is 0 Å². The minimum atomic E-state index is 0.960. The molecule has 0 N–H and O–H groups in total. The second-order valence-corrected chi connectivity index (χ2v) is 3.83. The lowest BCUT2D eigenvalue weighted by Crippen LogP contribution is -1.89. The Balaban J connectivity index is 2.80. The van der Waals surface area contributed by atoms with Crippen molar-refractivity contribution < 1.29 is 4.74 Å². The number of hydrogen-bond acceptors (Lipinski definition) is 1. The van der Waals surface area contributed by atoms with Crippen LogP contribution in [0.25, 0.3) is 10.8 Å². The summed E-state index contributed by atoms with van der Waals surface area (Å²) >= 11 is 0. The molecule has 0 aromatic heterocycles. The predicted octanol–water partition coefficient (Wildman–Crippen LogP) is 3.72. The van der Waals surface area contributed by atoms with E-state index < -0.39 is 0 Å². The number of hydrogen-bond donors (Lipinski definition) is 0. The van der Waals surface area contributed by atoms with Gasteiger partial charge in [-0.3, -0.25) is 0 Å². The number of rotatable bonds is 2. The molecule has 0 radical (unpaired) electrons. The molecule has 78 valence electrons. The highest BCUT2D eigenvalue weighted by molar-refractivity contribution is 5.91. The van der Waals surface area contributed by atoms with Crippen LogP contribution in [0.5, 0.6) is 5.75 Å². The molecule has 0 fully saturated rings. The summed E-state index contributed by atoms with van der Waals surface area (Å²) in [6, 6.07) is 10.7. The van der Waals surface area contributed by atoms with Gasteiger partial charge in [-0.1, -0.05) is 36.8 Å². The summed E-state index contributed by atoms with van der Waals surface area (Å²) in [5.41, 5.74) is 2.68. The Kier molecular flexibility index (Phi) is 2.63. The van der Waals surface area contributed by atoms with Crippen LogP contribution in [0, 0.1) is 6.92 Å². The molecule has 2 aromatic rings. The van der Waals surface area contributed by atoms with E-state index in [9.17, 15) is 0 Å². The maximum atomic E-state index is 5.37. The van der Waals surface area contributed by atoms with E-state index in [1.165, 1.54) is 21.9 Å². The summed E-state index contributed by atoms with van der Waals surface area (Å²) in [5.74, 6) is 0.960. The van der Waals surface area contributed by atoms with Crippen LogP contribution in [0.2, 0.25) is 0 Å². The zero-order valence-corrected chi connectivity index (χ0v) is 9.50. The molecule has 0 aliphatic rings. The van der Waals surface area contributed by atoms with Gasteiger partial charge in [0.15, 0.2) is 0 Å². The largest absolute Gasteiger partial charge is 0.496 e. The standard InChI is InChI=1S/C14H16O/c1-4-11-6-8-14(15-3)12-7-5-10(2)9-13(11)12/h5-9H,4H2,1-3H3. The van der Waals surface area contributed by atoms with Gasteiger partial charge in [0.2, 0.25) is 0 Å². The predicted molar refractivity (Wildman–Crippen MR) is 64.6 cm³/mol. The van der Waals surface area contributed by atoms with Gasteiger partial charge in [-0.15, -0.1) is 0 Å². The second-order valence-electron chi connectivity index (χ2n) is 3.83. The van der Waals surface area contributed by atoms with E-state index >= 15 is 0 Å². The van der Waals surface area contributed by atoms with Gasteiger partial charge in [0.05, 0.1) is 7.11 Å². The van der Waals surface area contributed by atoms with Crippen molar-refractivity contribution in [2.75, 3.05) is 7.11 Å². The zero-order valence-electron chi connectivity index (χ0n) is 9.50. The van der Waals surface area contributed by atoms with Crippen LogP contribution in [0.4, 0.5) is 0 Å². The van der Waals surface area contributed by atoms with Crippen molar-refractivity contribution in [2.45, 2.75) is 20.3 Å². The van der Waals surface area contributed by atoms with Crippen molar-refractivity contribution in [1.29, 1.82) is 0 Å². The van der Waals surface area contributed by atoms with Gasteiger partial charge in [0.1, 0.15) is 5.75 Å². The first-order valence-electron chi connectivity index (χ1n) is 5.32. The molecule has 0 bridgehead atoms. The summed E-state index contributed by atoms with van der Waals surface area (Å²) < 4.78 is 5.37. The second kappa shape index (κ2) is 3.93. The third-order valence-corrected chi connectivity index (χ3v) is 2.82. The van der Waals surface area contributed by atoms with Crippen LogP contribution < -0.4 is 4.74 Å². The molecule has 0 unspecified atom stereocenters. The Morgan fingerprint density at radius 3 is 2.53 bits per heavy atom. The minimum Gasteiger partial charge on any atom is -0.496 e. The Bertz CT molecular complexity index is 486. The highest BCUT2D eigenvalue weighted by atomic mass is 16.5. The maximum Gasteiger partial charge on any atom is 0.126 e. The van der Waals surface area contributed by atoms with E-state index in [1.54, 1.807) is 7.11 Å². The minimum absolute atomic E-state index is 0.960. The van der Waals surface area contributed by atoms with E-state index in [1.807, 2.05) is 0 Å². The lowest BCUT2D eigenvalue weighted by Gasteiger charge is -2.09. The molecule has 2 aromatic carbocycles. The quantitative estimate of drug-likeness (QED) is 0.718. The van der Waals surface area contributed by atoms with E-state index in [2.05, 4.69) is 44.2 Å². The van der Waals surface area contributed by atoms with Crippen molar-refractivity contribution in [1.82, 2.24) is 0 Å². The number of benzene rings is 2. The summed E-state index contributed by atoms with van der Waals surface area (Å²) in [5, 5.41) is 2.53. The highest BCUT2D eigenvalue weighted by Gasteiger charge is 2.04. The summed E-state index contributed by atoms with van der Waals surface area (Å²) in [7, 11) is 1.72. The molecule has 0 atom stereocenters. The maximum absolute atomic E-state index is 5.37. The molecule has 0 heterocycles. The smallest absolute Gasteiger partial charge is 0.126 e. The topological polar surface area (TPSA) is 9.23 Å². The summed E-state index contributed by atoms with van der Waals surface area (Å²) in [6.07, 6.45) is 1.06. The van der Waals surface area contributed by atoms with Crippen LogP contribution in [-0.4, -0.2) is 7.11 Å². The fourth-order valence-electron chi connectivity index (χ4n) is 1.98. The zero-order chi connectivity index (χ0) is 10.8. The number of ether oxygens (including phenoxy) is 1. The average Bonchev–Trinajstić information content (AvgIpc) is 2.27. The third-order valence-electron chi connectivity index (χ3n) is 2.82. The Morgan fingerprint density at radius 2 is 1.87 bits per heavy atom. The van der Waals surface area contributed by atoms with E-state index in [0.29, 0.717) is 0 Å². The summed E-state index contributed by atoms with van der Waals surface area (Å²) in [4.78, 5) is 0. The third kappa shape index (κ3) is 1.70. The molecule has 0 aliphatic carbocycles. The van der Waals surface area contributed by atoms with Gasteiger partial charge in [-0.2, -0.15) is 0 Å². The molecule has 0 amide bonds. The summed E-state index contributed by atoms with van der Waals surface area (Å²) in [6.45, 7) is 4.31.